The van der Waals surface area contributed by atoms with Gasteiger partial charge in [-0.25, -0.2) is 4.39 Å². The number of hydrogen-bond acceptors (Lipinski definition) is 2. The van der Waals surface area contributed by atoms with Crippen molar-refractivity contribution in [3.63, 3.8) is 0 Å². The highest BCUT2D eigenvalue weighted by molar-refractivity contribution is 7.07. The summed E-state index contributed by atoms with van der Waals surface area (Å²) in [5.74, 6) is -0.122. The molecule has 1 aromatic heterocycles. The van der Waals surface area contributed by atoms with Crippen LogP contribution in [0.3, 0.4) is 0 Å². The van der Waals surface area contributed by atoms with E-state index in [1.54, 1.807) is 24.3 Å². The smallest absolute Gasteiger partial charge is 0.126 e. The molecule has 0 spiro atoms. The Morgan fingerprint density at radius 3 is 2.78 bits per heavy atom. The van der Waals surface area contributed by atoms with Crippen molar-refractivity contribution in [1.82, 2.24) is 5.32 Å². The Hall–Kier alpha value is -1.19. The van der Waals surface area contributed by atoms with Crippen LogP contribution in [0.5, 0.6) is 0 Å². The second-order valence-electron chi connectivity index (χ2n) is 4.52. The zero-order chi connectivity index (χ0) is 13.0. The molecule has 0 amide bonds. The minimum Gasteiger partial charge on any atom is -0.313 e. The topological polar surface area (TPSA) is 12.0 Å². The highest BCUT2D eigenvalue weighted by Crippen LogP contribution is 2.21. The fourth-order valence-corrected chi connectivity index (χ4v) is 2.75. The first kappa shape index (κ1) is 13.2. The van der Waals surface area contributed by atoms with Crippen molar-refractivity contribution in [3.8, 4) is 0 Å². The zero-order valence-electron chi connectivity index (χ0n) is 10.7. The molecule has 1 nitrogen and oxygen atoms in total. The molecule has 1 atom stereocenters. The van der Waals surface area contributed by atoms with Crippen molar-refractivity contribution < 1.29 is 4.39 Å². The molecule has 0 aliphatic heterocycles. The molecule has 0 fully saturated rings. The van der Waals surface area contributed by atoms with E-state index in [1.165, 1.54) is 5.56 Å². The standard InChI is InChI=1S/C15H18FNS/c1-11-3-5-13(9-14(11)16)15(17-2)6-4-12-7-8-18-10-12/h3,5,7-10,15,17H,4,6H2,1-2H3. The monoisotopic (exact) mass is 263 g/mol. The van der Waals surface area contributed by atoms with E-state index in [2.05, 4.69) is 22.1 Å². The van der Waals surface area contributed by atoms with E-state index in [0.717, 1.165) is 18.4 Å². The van der Waals surface area contributed by atoms with Crippen LogP contribution in [0, 0.1) is 12.7 Å². The maximum atomic E-state index is 13.6. The number of aryl methyl sites for hydroxylation is 2. The summed E-state index contributed by atoms with van der Waals surface area (Å²) in [6.07, 6.45) is 2.00. The number of nitrogens with one attached hydrogen (secondary N) is 1. The van der Waals surface area contributed by atoms with Crippen LogP contribution in [0.4, 0.5) is 4.39 Å². The molecule has 1 N–H and O–H groups in total. The van der Waals surface area contributed by atoms with Gasteiger partial charge in [0.25, 0.3) is 0 Å². The van der Waals surface area contributed by atoms with Crippen molar-refractivity contribution in [3.05, 3.63) is 57.5 Å². The molecule has 2 aromatic rings. The van der Waals surface area contributed by atoms with E-state index in [9.17, 15) is 4.39 Å². The third kappa shape index (κ3) is 3.18. The highest BCUT2D eigenvalue weighted by Gasteiger charge is 2.11. The van der Waals surface area contributed by atoms with Gasteiger partial charge in [-0.2, -0.15) is 11.3 Å². The molecule has 1 heterocycles. The van der Waals surface area contributed by atoms with Crippen LogP contribution in [-0.4, -0.2) is 7.05 Å². The van der Waals surface area contributed by atoms with E-state index in [0.29, 0.717) is 5.56 Å². The largest absolute Gasteiger partial charge is 0.313 e. The average molecular weight is 263 g/mol. The van der Waals surface area contributed by atoms with E-state index >= 15 is 0 Å². The predicted octanol–water partition coefficient (Wildman–Crippen LogP) is 4.09. The lowest BCUT2D eigenvalue weighted by Gasteiger charge is -2.17. The molecule has 3 heteroatoms. The lowest BCUT2D eigenvalue weighted by atomic mass is 9.99. The maximum Gasteiger partial charge on any atom is 0.126 e. The van der Waals surface area contributed by atoms with Gasteiger partial charge in [-0.3, -0.25) is 0 Å². The lowest BCUT2D eigenvalue weighted by Crippen LogP contribution is -2.17. The van der Waals surface area contributed by atoms with Gasteiger partial charge in [0.05, 0.1) is 0 Å². The van der Waals surface area contributed by atoms with Crippen LogP contribution < -0.4 is 5.32 Å². The summed E-state index contributed by atoms with van der Waals surface area (Å²) in [6, 6.07) is 7.85. The third-order valence-electron chi connectivity index (χ3n) is 3.25. The Morgan fingerprint density at radius 2 is 2.17 bits per heavy atom. The molecule has 0 saturated carbocycles. The second kappa shape index (κ2) is 6.12. The molecule has 18 heavy (non-hydrogen) atoms. The molecule has 1 unspecified atom stereocenters. The molecule has 2 rings (SSSR count). The molecule has 0 bridgehead atoms. The van der Waals surface area contributed by atoms with Gasteiger partial charge < -0.3 is 5.32 Å². The normalized spacial score (nSPS) is 12.6. The first-order valence-corrected chi connectivity index (χ1v) is 7.09. The van der Waals surface area contributed by atoms with E-state index in [4.69, 9.17) is 0 Å². The molecular formula is C15H18FNS. The van der Waals surface area contributed by atoms with Gasteiger partial charge in [0.2, 0.25) is 0 Å². The predicted molar refractivity (Wildman–Crippen MR) is 75.6 cm³/mol. The summed E-state index contributed by atoms with van der Waals surface area (Å²) >= 11 is 1.72. The fourth-order valence-electron chi connectivity index (χ4n) is 2.05. The average Bonchev–Trinajstić information content (AvgIpc) is 2.87. The Bertz CT molecular complexity index is 493. The molecule has 0 saturated heterocycles. The van der Waals surface area contributed by atoms with Crippen molar-refractivity contribution in [1.29, 1.82) is 0 Å². The van der Waals surface area contributed by atoms with Crippen LogP contribution in [0.2, 0.25) is 0 Å². The third-order valence-corrected chi connectivity index (χ3v) is 3.98. The SMILES string of the molecule is CNC(CCc1ccsc1)c1ccc(C)c(F)c1. The molecule has 0 radical (unpaired) electrons. The summed E-state index contributed by atoms with van der Waals surface area (Å²) in [5, 5.41) is 7.53. The number of halogens is 1. The number of hydrogen-bond donors (Lipinski definition) is 1. The minimum absolute atomic E-state index is 0.122. The molecular weight excluding hydrogens is 245 g/mol. The van der Waals surface area contributed by atoms with Gasteiger partial charge in [0, 0.05) is 6.04 Å². The number of rotatable bonds is 5. The minimum atomic E-state index is -0.122. The Kier molecular flexibility index (Phi) is 4.50. The number of benzene rings is 1. The summed E-state index contributed by atoms with van der Waals surface area (Å²) in [4.78, 5) is 0. The summed E-state index contributed by atoms with van der Waals surface area (Å²) in [7, 11) is 1.93. The first-order chi connectivity index (χ1) is 8.70. The zero-order valence-corrected chi connectivity index (χ0v) is 11.6. The quantitative estimate of drug-likeness (QED) is 0.856. The molecule has 0 aliphatic carbocycles. The Balaban J connectivity index is 2.05. The maximum absolute atomic E-state index is 13.6. The van der Waals surface area contributed by atoms with Crippen LogP contribution in [-0.2, 0) is 6.42 Å². The second-order valence-corrected chi connectivity index (χ2v) is 5.30. The van der Waals surface area contributed by atoms with Gasteiger partial charge in [0.15, 0.2) is 0 Å². The van der Waals surface area contributed by atoms with Crippen LogP contribution in [0.1, 0.15) is 29.2 Å². The van der Waals surface area contributed by atoms with Gasteiger partial charge in [-0.1, -0.05) is 12.1 Å². The van der Waals surface area contributed by atoms with Gasteiger partial charge in [-0.05, 0) is 66.4 Å². The van der Waals surface area contributed by atoms with Gasteiger partial charge in [-0.15, -0.1) is 0 Å². The Labute approximate surface area is 112 Å². The molecule has 1 aromatic carbocycles. The summed E-state index contributed by atoms with van der Waals surface area (Å²) < 4.78 is 13.6. The van der Waals surface area contributed by atoms with Crippen molar-refractivity contribution in [2.75, 3.05) is 7.05 Å². The van der Waals surface area contributed by atoms with E-state index in [1.807, 2.05) is 19.2 Å². The molecule has 96 valence electrons. The van der Waals surface area contributed by atoms with E-state index in [-0.39, 0.29) is 11.9 Å². The van der Waals surface area contributed by atoms with Crippen LogP contribution in [0.25, 0.3) is 0 Å². The summed E-state index contributed by atoms with van der Waals surface area (Å²) in [5.41, 5.74) is 3.08. The van der Waals surface area contributed by atoms with Crippen LogP contribution >= 0.6 is 11.3 Å². The fraction of sp³-hybridized carbons (Fsp3) is 0.333. The van der Waals surface area contributed by atoms with Crippen molar-refractivity contribution in [2.45, 2.75) is 25.8 Å². The van der Waals surface area contributed by atoms with E-state index < -0.39 is 0 Å². The summed E-state index contributed by atoms with van der Waals surface area (Å²) in [6.45, 7) is 1.79. The van der Waals surface area contributed by atoms with Crippen molar-refractivity contribution in [2.24, 2.45) is 0 Å². The lowest BCUT2D eigenvalue weighted by molar-refractivity contribution is 0.541. The molecule has 0 aliphatic rings. The van der Waals surface area contributed by atoms with Crippen molar-refractivity contribution >= 4 is 11.3 Å². The van der Waals surface area contributed by atoms with Crippen LogP contribution in [0.15, 0.2) is 35.0 Å². The number of thiophene rings is 1. The highest BCUT2D eigenvalue weighted by atomic mass is 32.1. The Morgan fingerprint density at radius 1 is 1.33 bits per heavy atom. The van der Waals surface area contributed by atoms with Gasteiger partial charge in [0.1, 0.15) is 5.82 Å². The first-order valence-electron chi connectivity index (χ1n) is 6.15. The van der Waals surface area contributed by atoms with Gasteiger partial charge >= 0.3 is 0 Å².